The molecule has 2 bridgehead atoms. The molecule has 4 nitrogen and oxygen atoms in total. The van der Waals surface area contributed by atoms with Crippen LogP contribution in [0.2, 0.25) is 0 Å². The van der Waals surface area contributed by atoms with Crippen molar-refractivity contribution in [1.29, 1.82) is 0 Å². The second-order valence-corrected chi connectivity index (χ2v) is 7.85. The number of carbonyl (C=O) groups is 1. The van der Waals surface area contributed by atoms with Crippen LogP contribution >= 0.6 is 0 Å². The fraction of sp³-hybridized carbons (Fsp3) is 0.609. The summed E-state index contributed by atoms with van der Waals surface area (Å²) in [4.78, 5) is 11.7. The molecule has 1 aromatic rings. The van der Waals surface area contributed by atoms with Gasteiger partial charge in [-0.2, -0.15) is 0 Å². The molecule has 0 aromatic heterocycles. The Balaban J connectivity index is 2.04. The molecule has 0 amide bonds. The quantitative estimate of drug-likeness (QED) is 0.340. The fourth-order valence-electron chi connectivity index (χ4n) is 4.27. The second kappa shape index (κ2) is 8.47. The van der Waals surface area contributed by atoms with Gasteiger partial charge in [0.25, 0.3) is 0 Å². The molecule has 0 spiro atoms. The summed E-state index contributed by atoms with van der Waals surface area (Å²) in [6.45, 7) is 8.64. The third-order valence-electron chi connectivity index (χ3n) is 5.57. The molecule has 1 aliphatic carbocycles. The first-order chi connectivity index (χ1) is 13.0. The third kappa shape index (κ3) is 4.06. The predicted molar refractivity (Wildman–Crippen MR) is 105 cm³/mol. The van der Waals surface area contributed by atoms with Gasteiger partial charge in [-0.05, 0) is 30.9 Å². The van der Waals surface area contributed by atoms with Crippen LogP contribution < -0.4 is 0 Å². The molecule has 4 rings (SSSR count). The minimum absolute atomic E-state index is 0.00825. The molecule has 0 saturated carbocycles. The summed E-state index contributed by atoms with van der Waals surface area (Å²) in [6.07, 6.45) is 5.74. The van der Waals surface area contributed by atoms with Gasteiger partial charge in [-0.1, -0.05) is 51.0 Å². The molecule has 0 radical (unpaired) electrons. The summed E-state index contributed by atoms with van der Waals surface area (Å²) in [6, 6.07) is 8.45. The minimum Gasteiger partial charge on any atom is -0.483 e. The first-order valence-electron chi connectivity index (χ1n) is 10.3. The number of hydrogen-bond acceptors (Lipinski definition) is 4. The van der Waals surface area contributed by atoms with Crippen LogP contribution in [0.25, 0.3) is 0 Å². The van der Waals surface area contributed by atoms with Crippen molar-refractivity contribution >= 4 is 5.97 Å². The van der Waals surface area contributed by atoms with E-state index in [0.717, 1.165) is 44.5 Å². The van der Waals surface area contributed by atoms with Gasteiger partial charge >= 0.3 is 5.97 Å². The lowest BCUT2D eigenvalue weighted by atomic mass is 9.69. The van der Waals surface area contributed by atoms with E-state index in [1.807, 2.05) is 0 Å². The summed E-state index contributed by atoms with van der Waals surface area (Å²) >= 11 is 0. The van der Waals surface area contributed by atoms with E-state index in [1.54, 1.807) is 0 Å². The van der Waals surface area contributed by atoms with Gasteiger partial charge in [0.2, 0.25) is 0 Å². The van der Waals surface area contributed by atoms with Crippen LogP contribution in [-0.2, 0) is 24.6 Å². The van der Waals surface area contributed by atoms with Gasteiger partial charge in [-0.3, -0.25) is 4.79 Å². The van der Waals surface area contributed by atoms with Gasteiger partial charge in [-0.25, -0.2) is 0 Å². The van der Waals surface area contributed by atoms with Gasteiger partial charge in [0, 0.05) is 26.4 Å². The topological polar surface area (TPSA) is 44.8 Å². The normalized spacial score (nSPS) is 27.7. The molecular weight excluding hydrogens is 340 g/mol. The summed E-state index contributed by atoms with van der Waals surface area (Å²) in [5.41, 5.74) is 2.02. The second-order valence-electron chi connectivity index (χ2n) is 7.85. The van der Waals surface area contributed by atoms with Crippen LogP contribution in [0, 0.1) is 0 Å². The summed E-state index contributed by atoms with van der Waals surface area (Å²) in [5, 5.41) is 0. The zero-order chi connectivity index (χ0) is 19.4. The summed E-state index contributed by atoms with van der Waals surface area (Å²) in [7, 11) is 0. The molecule has 3 unspecified atom stereocenters. The van der Waals surface area contributed by atoms with Gasteiger partial charge < -0.3 is 14.2 Å². The molecule has 3 aliphatic rings. The van der Waals surface area contributed by atoms with Crippen LogP contribution in [-0.4, -0.2) is 18.7 Å². The van der Waals surface area contributed by atoms with Crippen molar-refractivity contribution in [2.24, 2.45) is 0 Å². The molecule has 3 atom stereocenters. The number of esters is 1. The van der Waals surface area contributed by atoms with E-state index < -0.39 is 5.60 Å². The zero-order valence-corrected chi connectivity index (χ0v) is 17.0. The summed E-state index contributed by atoms with van der Waals surface area (Å²) in [5.74, 6) is 1.18. The maximum absolute atomic E-state index is 11.7. The average molecular weight is 373 g/mol. The van der Waals surface area contributed by atoms with Gasteiger partial charge in [-0.15, -0.1) is 0 Å². The van der Waals surface area contributed by atoms with Crippen molar-refractivity contribution in [3.05, 3.63) is 46.9 Å². The summed E-state index contributed by atoms with van der Waals surface area (Å²) < 4.78 is 18.5. The number of allylic oxidation sites excluding steroid dienone is 1. The zero-order valence-electron chi connectivity index (χ0n) is 17.0. The number of unbranched alkanes of at least 4 members (excludes halogenated alkanes) is 2. The highest BCUT2D eigenvalue weighted by Gasteiger charge is 2.53. The van der Waals surface area contributed by atoms with Crippen molar-refractivity contribution in [2.45, 2.75) is 83.8 Å². The molecule has 1 saturated heterocycles. The van der Waals surface area contributed by atoms with Gasteiger partial charge in [0.05, 0.1) is 12.0 Å². The molecule has 1 aromatic carbocycles. The van der Waals surface area contributed by atoms with E-state index in [-0.39, 0.29) is 18.0 Å². The van der Waals surface area contributed by atoms with E-state index >= 15 is 0 Å². The van der Waals surface area contributed by atoms with Crippen molar-refractivity contribution in [3.8, 4) is 0 Å². The highest BCUT2D eigenvalue weighted by molar-refractivity contribution is 5.67. The van der Waals surface area contributed by atoms with Gasteiger partial charge in [0.1, 0.15) is 17.1 Å². The molecule has 2 aliphatic heterocycles. The lowest BCUT2D eigenvalue weighted by Crippen LogP contribution is -2.48. The highest BCUT2D eigenvalue weighted by Crippen LogP contribution is 2.55. The molecule has 148 valence electrons. The number of carbonyl (C=O) groups excluding carboxylic acids is 1. The maximum atomic E-state index is 11.7. The van der Waals surface area contributed by atoms with Crippen molar-refractivity contribution in [1.82, 2.24) is 0 Å². The van der Waals surface area contributed by atoms with Crippen molar-refractivity contribution in [3.63, 3.8) is 0 Å². The monoisotopic (exact) mass is 372 g/mol. The Morgan fingerprint density at radius 3 is 2.67 bits per heavy atom. The van der Waals surface area contributed by atoms with E-state index in [1.165, 1.54) is 18.1 Å². The van der Waals surface area contributed by atoms with E-state index in [0.29, 0.717) is 12.2 Å². The van der Waals surface area contributed by atoms with Crippen LogP contribution in [0.4, 0.5) is 0 Å². The molecular formula is C23H32O4. The van der Waals surface area contributed by atoms with Crippen LogP contribution in [0.5, 0.6) is 0 Å². The van der Waals surface area contributed by atoms with E-state index in [2.05, 4.69) is 45.0 Å². The Kier molecular flexibility index (Phi) is 6.25. The number of benzene rings is 1. The van der Waals surface area contributed by atoms with Crippen molar-refractivity contribution < 1.29 is 19.0 Å². The molecule has 2 heterocycles. The van der Waals surface area contributed by atoms with E-state index in [9.17, 15) is 4.79 Å². The SMILES string of the molecule is CCCCOC1CC2(C)O/C(=C(/CCCC)OC(C)=O)C1c1ccccc12. The molecule has 27 heavy (non-hydrogen) atoms. The van der Waals surface area contributed by atoms with Gasteiger partial charge in [0.15, 0.2) is 0 Å². The number of rotatable bonds is 8. The largest absolute Gasteiger partial charge is 0.483 e. The Morgan fingerprint density at radius 1 is 1.22 bits per heavy atom. The van der Waals surface area contributed by atoms with E-state index in [4.69, 9.17) is 14.2 Å². The van der Waals surface area contributed by atoms with Crippen LogP contribution in [0.15, 0.2) is 35.8 Å². The Bertz CT molecular complexity index is 708. The average Bonchev–Trinajstić information content (AvgIpc) is 2.65. The minimum atomic E-state index is -0.449. The molecule has 0 N–H and O–H groups in total. The number of ether oxygens (including phenoxy) is 3. The number of fused-ring (bicyclic) bond motifs is 2. The lowest BCUT2D eigenvalue weighted by molar-refractivity contribution is -0.142. The molecule has 1 fully saturated rings. The van der Waals surface area contributed by atoms with Crippen LogP contribution in [0.1, 0.15) is 83.3 Å². The molecule has 4 heteroatoms. The maximum Gasteiger partial charge on any atom is 0.307 e. The first kappa shape index (κ1) is 19.9. The smallest absolute Gasteiger partial charge is 0.307 e. The lowest BCUT2D eigenvalue weighted by Gasteiger charge is -2.51. The highest BCUT2D eigenvalue weighted by atomic mass is 16.6. The van der Waals surface area contributed by atoms with Crippen molar-refractivity contribution in [2.75, 3.05) is 6.61 Å². The number of hydrogen-bond donors (Lipinski definition) is 0. The Labute approximate surface area is 162 Å². The predicted octanol–water partition coefficient (Wildman–Crippen LogP) is 5.57. The Hall–Kier alpha value is -1.81. The van der Waals surface area contributed by atoms with Crippen LogP contribution in [0.3, 0.4) is 0 Å². The third-order valence-corrected chi connectivity index (χ3v) is 5.57. The fourth-order valence-corrected chi connectivity index (χ4v) is 4.27. The Morgan fingerprint density at radius 2 is 1.96 bits per heavy atom. The standard InChI is InChI=1S/C23H32O4/c1-5-7-13-19(26-16(3)24)22-21-17-11-9-10-12-18(17)23(4,27-22)15-20(21)25-14-8-6-2/h9-12,20-21H,5-8,13-15H2,1-4H3/b22-19-. The first-order valence-corrected chi connectivity index (χ1v) is 10.3.